The number of hydrogen-bond donors (Lipinski definition) is 2. The van der Waals surface area contributed by atoms with Crippen molar-refractivity contribution < 1.29 is 17.9 Å². The minimum Gasteiger partial charge on any atom is -0.492 e. The number of amides is 1. The molecule has 0 aliphatic heterocycles. The average molecular weight is 328 g/mol. The number of hydrogen-bond acceptors (Lipinski definition) is 5. The second-order valence-corrected chi connectivity index (χ2v) is 8.24. The van der Waals surface area contributed by atoms with E-state index >= 15 is 0 Å². The van der Waals surface area contributed by atoms with Gasteiger partial charge in [0, 0.05) is 6.26 Å². The zero-order chi connectivity index (χ0) is 17.0. The molecule has 0 saturated heterocycles. The van der Waals surface area contributed by atoms with Crippen LogP contribution < -0.4 is 15.8 Å². The predicted octanol–water partition coefficient (Wildman–Crippen LogP) is 0.959. The molecule has 0 heterocycles. The van der Waals surface area contributed by atoms with Crippen molar-refractivity contribution >= 4 is 15.7 Å². The second kappa shape index (κ2) is 7.11. The van der Waals surface area contributed by atoms with E-state index in [4.69, 9.17) is 10.5 Å². The van der Waals surface area contributed by atoms with E-state index in [9.17, 15) is 13.2 Å². The number of rotatable bonds is 6. The number of ether oxygens (including phenoxy) is 1. The zero-order valence-electron chi connectivity index (χ0n) is 13.4. The van der Waals surface area contributed by atoms with Gasteiger partial charge in [0.25, 0.3) is 0 Å². The summed E-state index contributed by atoms with van der Waals surface area (Å²) in [5, 5.41) is 2.71. The molecular formula is C15H24N2O4S. The fourth-order valence-corrected chi connectivity index (χ4v) is 2.26. The highest BCUT2D eigenvalue weighted by atomic mass is 32.2. The monoisotopic (exact) mass is 328 g/mol. The molecule has 0 aliphatic rings. The molecule has 0 aromatic heterocycles. The number of sulfone groups is 1. The number of carbonyl (C=O) groups is 1. The van der Waals surface area contributed by atoms with Crippen LogP contribution in [0.4, 0.5) is 0 Å². The van der Waals surface area contributed by atoms with E-state index in [2.05, 4.69) is 5.32 Å². The summed E-state index contributed by atoms with van der Waals surface area (Å²) < 4.78 is 28.1. The van der Waals surface area contributed by atoms with E-state index in [1.165, 1.54) is 12.1 Å². The summed E-state index contributed by atoms with van der Waals surface area (Å²) in [6.45, 7) is 6.31. The molecule has 1 aromatic rings. The van der Waals surface area contributed by atoms with Crippen molar-refractivity contribution in [2.45, 2.75) is 31.7 Å². The highest BCUT2D eigenvalue weighted by Gasteiger charge is 2.26. The maximum Gasteiger partial charge on any atom is 0.237 e. The maximum absolute atomic E-state index is 11.8. The summed E-state index contributed by atoms with van der Waals surface area (Å²) in [6.07, 6.45) is 1.15. The molecule has 0 bridgehead atoms. The van der Waals surface area contributed by atoms with Crippen LogP contribution in [0.1, 0.15) is 20.8 Å². The molecule has 0 spiro atoms. The molecule has 1 atom stereocenters. The van der Waals surface area contributed by atoms with Crippen LogP contribution in [0.5, 0.6) is 5.75 Å². The summed E-state index contributed by atoms with van der Waals surface area (Å²) in [6, 6.07) is 5.55. The standard InChI is InChI=1S/C15H24N2O4S/c1-15(2,3)13(16)14(18)17-9-10-21-11-5-7-12(8-6-11)22(4,19)20/h5-8,13H,9-10,16H2,1-4H3,(H,17,18)/t13-/m1/s1. The Morgan fingerprint density at radius 1 is 1.27 bits per heavy atom. The molecule has 0 fully saturated rings. The van der Waals surface area contributed by atoms with Crippen LogP contribution in [0, 0.1) is 5.41 Å². The van der Waals surface area contributed by atoms with Gasteiger partial charge in [-0.3, -0.25) is 4.79 Å². The third-order valence-corrected chi connectivity index (χ3v) is 4.27. The molecule has 7 heteroatoms. The van der Waals surface area contributed by atoms with Crippen molar-refractivity contribution in [2.24, 2.45) is 11.1 Å². The Kier molecular flexibility index (Phi) is 5.96. The van der Waals surface area contributed by atoms with E-state index in [1.54, 1.807) is 12.1 Å². The van der Waals surface area contributed by atoms with Crippen LogP contribution in [0.2, 0.25) is 0 Å². The van der Waals surface area contributed by atoms with Crippen molar-refractivity contribution in [2.75, 3.05) is 19.4 Å². The SMILES string of the molecule is CC(C)(C)[C@H](N)C(=O)NCCOc1ccc(S(C)(=O)=O)cc1. The van der Waals surface area contributed by atoms with Gasteiger partial charge in [-0.2, -0.15) is 0 Å². The topological polar surface area (TPSA) is 98.5 Å². The van der Waals surface area contributed by atoms with Crippen LogP contribution in [0.3, 0.4) is 0 Å². The van der Waals surface area contributed by atoms with Gasteiger partial charge in [0.1, 0.15) is 12.4 Å². The summed E-state index contributed by atoms with van der Waals surface area (Å²) >= 11 is 0. The van der Waals surface area contributed by atoms with E-state index in [0.717, 1.165) is 6.26 Å². The Balaban J connectivity index is 2.41. The van der Waals surface area contributed by atoms with E-state index in [1.807, 2.05) is 20.8 Å². The lowest BCUT2D eigenvalue weighted by molar-refractivity contribution is -0.124. The third-order valence-electron chi connectivity index (χ3n) is 3.14. The van der Waals surface area contributed by atoms with Gasteiger partial charge in [0.05, 0.1) is 17.5 Å². The minimum absolute atomic E-state index is 0.219. The smallest absolute Gasteiger partial charge is 0.237 e. The first-order chi connectivity index (χ1) is 10.0. The third kappa shape index (κ3) is 5.65. The Hall–Kier alpha value is -1.60. The molecule has 1 amide bonds. The average Bonchev–Trinajstić information content (AvgIpc) is 2.41. The van der Waals surface area contributed by atoms with Crippen LogP contribution in [0.25, 0.3) is 0 Å². The first kappa shape index (κ1) is 18.4. The van der Waals surface area contributed by atoms with Gasteiger partial charge in [-0.15, -0.1) is 0 Å². The van der Waals surface area contributed by atoms with Crippen molar-refractivity contribution in [1.82, 2.24) is 5.32 Å². The van der Waals surface area contributed by atoms with Gasteiger partial charge in [-0.05, 0) is 29.7 Å². The molecule has 1 aromatic carbocycles. The van der Waals surface area contributed by atoms with Gasteiger partial charge in [0.2, 0.25) is 5.91 Å². The Morgan fingerprint density at radius 2 is 1.82 bits per heavy atom. The first-order valence-electron chi connectivity index (χ1n) is 6.98. The number of nitrogens with two attached hydrogens (primary N) is 1. The minimum atomic E-state index is -3.21. The normalized spacial score (nSPS) is 13.5. The zero-order valence-corrected chi connectivity index (χ0v) is 14.2. The van der Waals surface area contributed by atoms with Crippen LogP contribution >= 0.6 is 0 Å². The van der Waals surface area contributed by atoms with E-state index in [0.29, 0.717) is 12.3 Å². The molecule has 0 aliphatic carbocycles. The fourth-order valence-electron chi connectivity index (χ4n) is 1.63. The van der Waals surface area contributed by atoms with Crippen LogP contribution in [0.15, 0.2) is 29.2 Å². The molecule has 0 saturated carbocycles. The summed E-state index contributed by atoms with van der Waals surface area (Å²) in [7, 11) is -3.21. The number of benzene rings is 1. The molecule has 0 unspecified atom stereocenters. The lowest BCUT2D eigenvalue weighted by Gasteiger charge is -2.25. The number of nitrogens with one attached hydrogen (secondary N) is 1. The maximum atomic E-state index is 11.8. The van der Waals surface area contributed by atoms with Crippen molar-refractivity contribution in [3.8, 4) is 5.75 Å². The van der Waals surface area contributed by atoms with Crippen molar-refractivity contribution in [1.29, 1.82) is 0 Å². The number of carbonyl (C=O) groups excluding carboxylic acids is 1. The molecule has 0 radical (unpaired) electrons. The van der Waals surface area contributed by atoms with Crippen molar-refractivity contribution in [3.63, 3.8) is 0 Å². The molecule has 3 N–H and O–H groups in total. The van der Waals surface area contributed by atoms with Gasteiger partial charge >= 0.3 is 0 Å². The molecule has 22 heavy (non-hydrogen) atoms. The van der Waals surface area contributed by atoms with Crippen molar-refractivity contribution in [3.05, 3.63) is 24.3 Å². The van der Waals surface area contributed by atoms with Gasteiger partial charge < -0.3 is 15.8 Å². The van der Waals surface area contributed by atoms with Gasteiger partial charge in [-0.1, -0.05) is 20.8 Å². The summed E-state index contributed by atoms with van der Waals surface area (Å²) in [4.78, 5) is 12.0. The molecule has 6 nitrogen and oxygen atoms in total. The Labute approximate surface area is 132 Å². The Bertz CT molecular complexity index is 603. The Morgan fingerprint density at radius 3 is 2.27 bits per heavy atom. The van der Waals surface area contributed by atoms with Crippen LogP contribution in [-0.2, 0) is 14.6 Å². The quantitative estimate of drug-likeness (QED) is 0.758. The lowest BCUT2D eigenvalue weighted by Crippen LogP contribution is -2.49. The van der Waals surface area contributed by atoms with Crippen LogP contribution in [-0.4, -0.2) is 39.8 Å². The molecular weight excluding hydrogens is 304 g/mol. The fraction of sp³-hybridized carbons (Fsp3) is 0.533. The van der Waals surface area contributed by atoms with Gasteiger partial charge in [-0.25, -0.2) is 8.42 Å². The van der Waals surface area contributed by atoms with E-state index < -0.39 is 15.9 Å². The summed E-state index contributed by atoms with van der Waals surface area (Å²) in [5.41, 5.74) is 5.54. The first-order valence-corrected chi connectivity index (χ1v) is 8.87. The highest BCUT2D eigenvalue weighted by molar-refractivity contribution is 7.90. The van der Waals surface area contributed by atoms with E-state index in [-0.39, 0.29) is 22.8 Å². The summed E-state index contributed by atoms with van der Waals surface area (Å²) in [5.74, 6) is 0.324. The molecule has 124 valence electrons. The lowest BCUT2D eigenvalue weighted by atomic mass is 9.87. The molecule has 1 rings (SSSR count). The highest BCUT2D eigenvalue weighted by Crippen LogP contribution is 2.17. The predicted molar refractivity (Wildman–Crippen MR) is 85.5 cm³/mol. The van der Waals surface area contributed by atoms with Gasteiger partial charge in [0.15, 0.2) is 9.84 Å². The second-order valence-electron chi connectivity index (χ2n) is 6.23. The largest absolute Gasteiger partial charge is 0.492 e.